The highest BCUT2D eigenvalue weighted by molar-refractivity contribution is 5.82. The quantitative estimate of drug-likeness (QED) is 0.661. The zero-order valence-corrected chi connectivity index (χ0v) is 9.34. The average molecular weight is 199 g/mol. The fourth-order valence-electron chi connectivity index (χ4n) is 2.01. The maximum atomic E-state index is 11.6. The zero-order chi connectivity index (χ0) is 10.8. The minimum Gasteiger partial charge on any atom is -0.359 e. The highest BCUT2D eigenvalue weighted by Gasteiger charge is 2.40. The van der Waals surface area contributed by atoms with Crippen LogP contribution in [0.3, 0.4) is 0 Å². The van der Waals surface area contributed by atoms with Gasteiger partial charge in [-0.15, -0.1) is 0 Å². The number of rotatable bonds is 3. The maximum absolute atomic E-state index is 11.6. The Kier molecular flexibility index (Phi) is 3.50. The molecule has 1 fully saturated rings. The van der Waals surface area contributed by atoms with Crippen LogP contribution in [0.5, 0.6) is 0 Å². The first kappa shape index (κ1) is 11.5. The standard InChI is InChI=1S/C10H21N3O/c1-8(6-11)13-5-4-10(2,7-13)9(14)12-3/h8H,4-7,11H2,1-3H3,(H,12,14). The number of nitrogens with two attached hydrogens (primary N) is 1. The Morgan fingerprint density at radius 2 is 2.36 bits per heavy atom. The largest absolute Gasteiger partial charge is 0.359 e. The summed E-state index contributed by atoms with van der Waals surface area (Å²) in [6, 6.07) is 0.376. The Morgan fingerprint density at radius 1 is 1.71 bits per heavy atom. The van der Waals surface area contributed by atoms with Crippen LogP contribution >= 0.6 is 0 Å². The van der Waals surface area contributed by atoms with Gasteiger partial charge in [0.15, 0.2) is 0 Å². The van der Waals surface area contributed by atoms with Crippen molar-refractivity contribution in [1.82, 2.24) is 10.2 Å². The molecule has 1 aliphatic rings. The Morgan fingerprint density at radius 3 is 2.86 bits per heavy atom. The molecule has 0 bridgehead atoms. The van der Waals surface area contributed by atoms with Crippen LogP contribution in [0.2, 0.25) is 0 Å². The van der Waals surface area contributed by atoms with Gasteiger partial charge in [0.05, 0.1) is 5.41 Å². The van der Waals surface area contributed by atoms with E-state index < -0.39 is 0 Å². The number of hydrogen-bond donors (Lipinski definition) is 2. The molecule has 4 nitrogen and oxygen atoms in total. The van der Waals surface area contributed by atoms with E-state index in [0.29, 0.717) is 12.6 Å². The molecule has 0 aromatic heterocycles. The van der Waals surface area contributed by atoms with E-state index in [-0.39, 0.29) is 11.3 Å². The fraction of sp³-hybridized carbons (Fsp3) is 0.900. The van der Waals surface area contributed by atoms with Crippen molar-refractivity contribution >= 4 is 5.91 Å². The lowest BCUT2D eigenvalue weighted by atomic mass is 9.89. The Balaban J connectivity index is 2.59. The first-order valence-corrected chi connectivity index (χ1v) is 5.20. The maximum Gasteiger partial charge on any atom is 0.227 e. The molecule has 0 aromatic carbocycles. The molecular formula is C10H21N3O. The molecule has 0 saturated carbocycles. The van der Waals surface area contributed by atoms with Crippen LogP contribution in [-0.4, -0.2) is 43.5 Å². The van der Waals surface area contributed by atoms with Crippen molar-refractivity contribution in [3.8, 4) is 0 Å². The molecule has 1 amide bonds. The van der Waals surface area contributed by atoms with Gasteiger partial charge in [-0.2, -0.15) is 0 Å². The van der Waals surface area contributed by atoms with Crippen LogP contribution in [-0.2, 0) is 4.79 Å². The summed E-state index contributed by atoms with van der Waals surface area (Å²) in [6.45, 7) is 6.59. The monoisotopic (exact) mass is 199 g/mol. The lowest BCUT2D eigenvalue weighted by Gasteiger charge is -2.26. The van der Waals surface area contributed by atoms with Crippen LogP contribution < -0.4 is 11.1 Å². The molecule has 2 atom stereocenters. The van der Waals surface area contributed by atoms with Gasteiger partial charge in [-0.25, -0.2) is 0 Å². The normalized spacial score (nSPS) is 30.3. The van der Waals surface area contributed by atoms with Crippen molar-refractivity contribution in [2.75, 3.05) is 26.7 Å². The summed E-state index contributed by atoms with van der Waals surface area (Å²) in [5, 5.41) is 2.73. The van der Waals surface area contributed by atoms with Crippen molar-refractivity contribution in [2.24, 2.45) is 11.1 Å². The van der Waals surface area contributed by atoms with Gasteiger partial charge in [-0.3, -0.25) is 9.69 Å². The van der Waals surface area contributed by atoms with Crippen LogP contribution in [0.25, 0.3) is 0 Å². The molecular weight excluding hydrogens is 178 g/mol. The third-order valence-corrected chi connectivity index (χ3v) is 3.24. The fourth-order valence-corrected chi connectivity index (χ4v) is 2.01. The second-order valence-electron chi connectivity index (χ2n) is 4.44. The van der Waals surface area contributed by atoms with Gasteiger partial charge < -0.3 is 11.1 Å². The van der Waals surface area contributed by atoms with Crippen molar-refractivity contribution in [3.05, 3.63) is 0 Å². The van der Waals surface area contributed by atoms with Crippen molar-refractivity contribution < 1.29 is 4.79 Å². The number of likely N-dealkylation sites (tertiary alicyclic amines) is 1. The van der Waals surface area contributed by atoms with Gasteiger partial charge in [0.1, 0.15) is 0 Å². The molecule has 0 aliphatic carbocycles. The summed E-state index contributed by atoms with van der Waals surface area (Å²) >= 11 is 0. The minimum absolute atomic E-state index is 0.143. The summed E-state index contributed by atoms with van der Waals surface area (Å²) in [5.41, 5.74) is 5.38. The van der Waals surface area contributed by atoms with Crippen molar-refractivity contribution in [3.63, 3.8) is 0 Å². The van der Waals surface area contributed by atoms with E-state index in [1.165, 1.54) is 0 Å². The zero-order valence-electron chi connectivity index (χ0n) is 9.34. The van der Waals surface area contributed by atoms with Crippen LogP contribution in [0.15, 0.2) is 0 Å². The molecule has 0 radical (unpaired) electrons. The molecule has 2 unspecified atom stereocenters. The van der Waals surface area contributed by atoms with E-state index in [0.717, 1.165) is 19.5 Å². The van der Waals surface area contributed by atoms with Crippen LogP contribution in [0, 0.1) is 5.41 Å². The Bertz CT molecular complexity index is 219. The number of hydrogen-bond acceptors (Lipinski definition) is 3. The summed E-state index contributed by atoms with van der Waals surface area (Å²) in [5.74, 6) is 0.143. The third kappa shape index (κ3) is 2.07. The van der Waals surface area contributed by atoms with E-state index in [1.54, 1.807) is 7.05 Å². The molecule has 0 spiro atoms. The van der Waals surface area contributed by atoms with Gasteiger partial charge in [0.2, 0.25) is 5.91 Å². The molecule has 0 aromatic rings. The molecule has 3 N–H and O–H groups in total. The first-order valence-electron chi connectivity index (χ1n) is 5.20. The second kappa shape index (κ2) is 4.28. The second-order valence-corrected chi connectivity index (χ2v) is 4.44. The number of amides is 1. The number of nitrogens with zero attached hydrogens (tertiary/aromatic N) is 1. The molecule has 4 heteroatoms. The molecule has 1 heterocycles. The molecule has 1 saturated heterocycles. The smallest absolute Gasteiger partial charge is 0.227 e. The van der Waals surface area contributed by atoms with Gasteiger partial charge in [0.25, 0.3) is 0 Å². The topological polar surface area (TPSA) is 58.4 Å². The van der Waals surface area contributed by atoms with E-state index in [1.807, 2.05) is 6.92 Å². The van der Waals surface area contributed by atoms with E-state index >= 15 is 0 Å². The molecule has 14 heavy (non-hydrogen) atoms. The van der Waals surface area contributed by atoms with Crippen LogP contribution in [0.1, 0.15) is 20.3 Å². The SMILES string of the molecule is CNC(=O)C1(C)CCN(C(C)CN)C1. The van der Waals surface area contributed by atoms with E-state index in [4.69, 9.17) is 5.73 Å². The summed E-state index contributed by atoms with van der Waals surface area (Å²) < 4.78 is 0. The average Bonchev–Trinajstić information content (AvgIpc) is 2.60. The predicted octanol–water partition coefficient (Wildman–Crippen LogP) is -0.208. The third-order valence-electron chi connectivity index (χ3n) is 3.24. The Labute approximate surface area is 85.8 Å². The van der Waals surface area contributed by atoms with Crippen molar-refractivity contribution in [1.29, 1.82) is 0 Å². The summed E-state index contributed by atoms with van der Waals surface area (Å²) in [6.07, 6.45) is 0.928. The minimum atomic E-state index is -0.224. The number of nitrogens with one attached hydrogen (secondary N) is 1. The van der Waals surface area contributed by atoms with Gasteiger partial charge in [-0.1, -0.05) is 0 Å². The van der Waals surface area contributed by atoms with Gasteiger partial charge in [-0.05, 0) is 26.8 Å². The van der Waals surface area contributed by atoms with Gasteiger partial charge in [0, 0.05) is 26.2 Å². The summed E-state index contributed by atoms with van der Waals surface area (Å²) in [4.78, 5) is 13.9. The van der Waals surface area contributed by atoms with E-state index in [9.17, 15) is 4.79 Å². The predicted molar refractivity (Wildman–Crippen MR) is 56.9 cm³/mol. The lowest BCUT2D eigenvalue weighted by molar-refractivity contribution is -0.129. The van der Waals surface area contributed by atoms with E-state index in [2.05, 4.69) is 17.1 Å². The first-order chi connectivity index (χ1) is 6.53. The Hall–Kier alpha value is -0.610. The molecule has 1 aliphatic heterocycles. The highest BCUT2D eigenvalue weighted by Crippen LogP contribution is 2.30. The molecule has 1 rings (SSSR count). The summed E-state index contributed by atoms with van der Waals surface area (Å²) in [7, 11) is 1.70. The highest BCUT2D eigenvalue weighted by atomic mass is 16.2. The van der Waals surface area contributed by atoms with Gasteiger partial charge >= 0.3 is 0 Å². The number of carbonyl (C=O) groups excluding carboxylic acids is 1. The lowest BCUT2D eigenvalue weighted by Crippen LogP contribution is -2.42. The van der Waals surface area contributed by atoms with Crippen LogP contribution in [0.4, 0.5) is 0 Å². The number of carbonyl (C=O) groups is 1. The van der Waals surface area contributed by atoms with Crippen molar-refractivity contribution in [2.45, 2.75) is 26.3 Å². The molecule has 82 valence electrons.